The van der Waals surface area contributed by atoms with Crippen LogP contribution in [0.1, 0.15) is 142 Å². The Kier molecular flexibility index (Phi) is 33.0. The van der Waals surface area contributed by atoms with Crippen molar-refractivity contribution < 1.29 is 42.1 Å². The standard InChI is InChI=1S/C42H74NO8P/c1-6-8-10-12-14-16-17-18-19-20-21-22-23-24-25-27-28-30-32-34-41(44)48-38-40(39-50-52(46,47)49-37-36-43(3,4)5)51-42(45)35-33-31-29-26-15-13-11-9-7-2/h8,10,14,16,18-19,21-22,24-25,40H,6-7,9,11-13,15,17,20,23,26-39H2,1-5H3/b10-8+,16-14+,19-18+,22-21+,25-24+/t40-/m0/s1. The fraction of sp³-hybridized carbons (Fsp3) is 0.714. The molecule has 10 heteroatoms. The monoisotopic (exact) mass is 752 g/mol. The molecular weight excluding hydrogens is 677 g/mol. The van der Waals surface area contributed by atoms with Gasteiger partial charge < -0.3 is 27.9 Å². The van der Waals surface area contributed by atoms with Crippen LogP contribution in [0.3, 0.4) is 0 Å². The van der Waals surface area contributed by atoms with Crippen molar-refractivity contribution in [2.75, 3.05) is 47.5 Å². The van der Waals surface area contributed by atoms with Crippen molar-refractivity contribution in [3.05, 3.63) is 60.8 Å². The van der Waals surface area contributed by atoms with Gasteiger partial charge in [-0.25, -0.2) is 0 Å². The molecule has 300 valence electrons. The molecule has 9 nitrogen and oxygen atoms in total. The van der Waals surface area contributed by atoms with E-state index in [1.165, 1.54) is 32.1 Å². The number of esters is 2. The summed E-state index contributed by atoms with van der Waals surface area (Å²) in [5.74, 6) is -0.881. The third-order valence-corrected chi connectivity index (χ3v) is 9.02. The largest absolute Gasteiger partial charge is 0.756 e. The van der Waals surface area contributed by atoms with Gasteiger partial charge in [-0.1, -0.05) is 132 Å². The van der Waals surface area contributed by atoms with Crippen LogP contribution < -0.4 is 4.89 Å². The molecule has 1 unspecified atom stereocenters. The van der Waals surface area contributed by atoms with E-state index >= 15 is 0 Å². The van der Waals surface area contributed by atoms with Gasteiger partial charge in [-0.2, -0.15) is 0 Å². The summed E-state index contributed by atoms with van der Waals surface area (Å²) in [7, 11) is 1.14. The average Bonchev–Trinajstić information content (AvgIpc) is 3.09. The molecule has 0 rings (SSSR count). The molecule has 0 aromatic heterocycles. The molecule has 0 spiro atoms. The molecule has 52 heavy (non-hydrogen) atoms. The molecule has 0 saturated carbocycles. The van der Waals surface area contributed by atoms with Crippen LogP contribution in [0.4, 0.5) is 0 Å². The summed E-state index contributed by atoms with van der Waals surface area (Å²) in [5, 5.41) is 0. The number of hydrogen-bond donors (Lipinski definition) is 0. The van der Waals surface area contributed by atoms with Crippen molar-refractivity contribution in [2.24, 2.45) is 0 Å². The lowest BCUT2D eigenvalue weighted by molar-refractivity contribution is -0.870. The van der Waals surface area contributed by atoms with E-state index in [1.807, 2.05) is 21.1 Å². The zero-order valence-electron chi connectivity index (χ0n) is 33.5. The molecule has 0 N–H and O–H groups in total. The number of phosphoric ester groups is 1. The van der Waals surface area contributed by atoms with Crippen LogP contribution >= 0.6 is 7.82 Å². The number of rotatable bonds is 35. The van der Waals surface area contributed by atoms with E-state index in [-0.39, 0.29) is 26.1 Å². The van der Waals surface area contributed by atoms with Gasteiger partial charge in [0, 0.05) is 12.8 Å². The molecule has 0 saturated heterocycles. The van der Waals surface area contributed by atoms with Gasteiger partial charge in [-0.3, -0.25) is 14.2 Å². The van der Waals surface area contributed by atoms with Crippen molar-refractivity contribution in [1.29, 1.82) is 0 Å². The highest BCUT2D eigenvalue weighted by atomic mass is 31.2. The van der Waals surface area contributed by atoms with Crippen molar-refractivity contribution in [1.82, 2.24) is 0 Å². The lowest BCUT2D eigenvalue weighted by Gasteiger charge is -2.28. The maximum Gasteiger partial charge on any atom is 0.306 e. The Morgan fingerprint density at radius 3 is 1.63 bits per heavy atom. The van der Waals surface area contributed by atoms with E-state index < -0.39 is 32.5 Å². The second-order valence-corrected chi connectivity index (χ2v) is 15.7. The summed E-state index contributed by atoms with van der Waals surface area (Å²) >= 11 is 0. The number of likely N-dealkylation sites (N-methyl/N-ethyl adjacent to an activating group) is 1. The Morgan fingerprint density at radius 2 is 1.10 bits per heavy atom. The predicted octanol–water partition coefficient (Wildman–Crippen LogP) is 10.3. The normalized spacial score (nSPS) is 14.3. The lowest BCUT2D eigenvalue weighted by atomic mass is 10.1. The van der Waals surface area contributed by atoms with Crippen molar-refractivity contribution in [2.45, 2.75) is 148 Å². The topological polar surface area (TPSA) is 111 Å². The predicted molar refractivity (Wildman–Crippen MR) is 213 cm³/mol. The molecule has 0 radical (unpaired) electrons. The molecule has 0 bridgehead atoms. The highest BCUT2D eigenvalue weighted by molar-refractivity contribution is 7.45. The highest BCUT2D eigenvalue weighted by Crippen LogP contribution is 2.38. The van der Waals surface area contributed by atoms with Crippen molar-refractivity contribution in [3.63, 3.8) is 0 Å². The van der Waals surface area contributed by atoms with E-state index in [9.17, 15) is 19.0 Å². The summed E-state index contributed by atoms with van der Waals surface area (Å²) in [5.41, 5.74) is 0. The highest BCUT2D eigenvalue weighted by Gasteiger charge is 2.21. The van der Waals surface area contributed by atoms with Gasteiger partial charge in [0.15, 0.2) is 6.10 Å². The Bertz CT molecular complexity index is 1080. The Labute approximate surface area is 317 Å². The molecule has 0 aliphatic rings. The van der Waals surface area contributed by atoms with Crippen LogP contribution in [0.15, 0.2) is 60.8 Å². The number of allylic oxidation sites excluding steroid dienone is 10. The molecule has 0 heterocycles. The second kappa shape index (κ2) is 34.5. The van der Waals surface area contributed by atoms with Gasteiger partial charge in [0.25, 0.3) is 7.82 Å². The maximum absolute atomic E-state index is 12.6. The summed E-state index contributed by atoms with van der Waals surface area (Å²) in [6.07, 6.45) is 39.7. The molecule has 0 amide bonds. The number of nitrogens with zero attached hydrogens (tertiary/aromatic N) is 1. The molecule has 0 fully saturated rings. The zero-order valence-corrected chi connectivity index (χ0v) is 34.4. The zero-order chi connectivity index (χ0) is 38.6. The van der Waals surface area contributed by atoms with Gasteiger partial charge in [0.2, 0.25) is 0 Å². The van der Waals surface area contributed by atoms with Crippen LogP contribution in [0.25, 0.3) is 0 Å². The van der Waals surface area contributed by atoms with Crippen LogP contribution in [0.5, 0.6) is 0 Å². The number of quaternary nitrogens is 1. The minimum Gasteiger partial charge on any atom is -0.756 e. The minimum absolute atomic E-state index is 0.0383. The van der Waals surface area contributed by atoms with Crippen LogP contribution in [-0.2, 0) is 32.7 Å². The van der Waals surface area contributed by atoms with Gasteiger partial charge in [0.1, 0.15) is 19.8 Å². The lowest BCUT2D eigenvalue weighted by Crippen LogP contribution is -2.37. The third kappa shape index (κ3) is 37.5. The van der Waals surface area contributed by atoms with Crippen LogP contribution in [0, 0.1) is 0 Å². The van der Waals surface area contributed by atoms with E-state index in [0.717, 1.165) is 70.6 Å². The van der Waals surface area contributed by atoms with E-state index in [4.69, 9.17) is 18.5 Å². The number of phosphoric acid groups is 1. The molecule has 0 aliphatic carbocycles. The molecule has 0 aromatic rings. The number of carbonyl (C=O) groups is 2. The fourth-order valence-electron chi connectivity index (χ4n) is 4.91. The summed E-state index contributed by atoms with van der Waals surface area (Å²) < 4.78 is 33.7. The first-order valence-electron chi connectivity index (χ1n) is 20.0. The first-order chi connectivity index (χ1) is 25.0. The Hall–Kier alpha value is -2.29. The molecule has 0 aromatic carbocycles. The number of hydrogen-bond acceptors (Lipinski definition) is 8. The third-order valence-electron chi connectivity index (χ3n) is 8.05. The van der Waals surface area contributed by atoms with Crippen LogP contribution in [-0.4, -0.2) is 70.0 Å². The first-order valence-corrected chi connectivity index (χ1v) is 21.5. The molecule has 0 aliphatic heterocycles. The van der Waals surface area contributed by atoms with Crippen molar-refractivity contribution >= 4 is 19.8 Å². The summed E-state index contributed by atoms with van der Waals surface area (Å²) in [6.45, 7) is 4.02. The van der Waals surface area contributed by atoms with Crippen LogP contribution in [0.2, 0.25) is 0 Å². The molecular formula is C42H74NO8P. The molecule has 2 atom stereocenters. The average molecular weight is 752 g/mol. The van der Waals surface area contributed by atoms with E-state index in [0.29, 0.717) is 23.9 Å². The maximum atomic E-state index is 12.6. The Morgan fingerprint density at radius 1 is 0.615 bits per heavy atom. The number of carbonyl (C=O) groups excluding carboxylic acids is 2. The van der Waals surface area contributed by atoms with E-state index in [2.05, 4.69) is 74.6 Å². The first kappa shape index (κ1) is 49.7. The quantitative estimate of drug-likeness (QED) is 0.0207. The fourth-order valence-corrected chi connectivity index (χ4v) is 5.64. The number of ether oxygens (including phenoxy) is 2. The second-order valence-electron chi connectivity index (χ2n) is 14.3. The number of unbranched alkanes of at least 4 members (excludes halogenated alkanes) is 11. The smallest absolute Gasteiger partial charge is 0.306 e. The minimum atomic E-state index is -4.62. The van der Waals surface area contributed by atoms with E-state index in [1.54, 1.807) is 0 Å². The van der Waals surface area contributed by atoms with Gasteiger partial charge >= 0.3 is 11.9 Å². The Balaban J connectivity index is 4.42. The SMILES string of the molecule is CC/C=C/C/C=C/C/C=C/C/C=C/C/C=C/CCCCCC(=O)OC[C@@H](COP(=O)([O-])OCC[N+](C)(C)C)OC(=O)CCCCCCCCCCC. The van der Waals surface area contributed by atoms with Gasteiger partial charge in [-0.15, -0.1) is 0 Å². The summed E-state index contributed by atoms with van der Waals surface area (Å²) in [4.78, 5) is 37.3. The van der Waals surface area contributed by atoms with Gasteiger partial charge in [0.05, 0.1) is 27.7 Å². The van der Waals surface area contributed by atoms with Crippen molar-refractivity contribution in [3.8, 4) is 0 Å². The summed E-state index contributed by atoms with van der Waals surface area (Å²) in [6, 6.07) is 0. The van der Waals surface area contributed by atoms with Gasteiger partial charge in [-0.05, 0) is 57.8 Å².